The predicted molar refractivity (Wildman–Crippen MR) is 90.4 cm³/mol. The van der Waals surface area contributed by atoms with Crippen LogP contribution >= 0.6 is 0 Å². The van der Waals surface area contributed by atoms with Gasteiger partial charge in [-0.05, 0) is 68.9 Å². The molecule has 1 atom stereocenters. The Morgan fingerprint density at radius 3 is 2.87 bits per heavy atom. The van der Waals surface area contributed by atoms with Crippen molar-refractivity contribution in [2.24, 2.45) is 11.7 Å². The van der Waals surface area contributed by atoms with Gasteiger partial charge >= 0.3 is 0 Å². The molecule has 2 aliphatic rings. The number of carbonyl (C=O) groups excluding carboxylic acids is 1. The summed E-state index contributed by atoms with van der Waals surface area (Å²) in [5.74, 6) is 1.34. The zero-order valence-electron chi connectivity index (χ0n) is 14.1. The second kappa shape index (κ2) is 6.49. The molecule has 1 fully saturated rings. The minimum absolute atomic E-state index is 0.0524. The Balaban J connectivity index is 1.67. The van der Waals surface area contributed by atoms with E-state index in [-0.39, 0.29) is 5.91 Å². The molecule has 0 radical (unpaired) electrons. The Morgan fingerprint density at radius 1 is 1.43 bits per heavy atom. The first kappa shape index (κ1) is 16.3. The molecule has 0 bridgehead atoms. The van der Waals surface area contributed by atoms with Crippen LogP contribution in [0.15, 0.2) is 18.2 Å². The van der Waals surface area contributed by atoms with E-state index in [9.17, 15) is 4.79 Å². The first-order valence-electron chi connectivity index (χ1n) is 8.46. The molecule has 0 spiro atoms. The van der Waals surface area contributed by atoms with E-state index in [0.717, 1.165) is 55.8 Å². The van der Waals surface area contributed by atoms with Crippen molar-refractivity contribution >= 4 is 5.91 Å². The number of piperidine rings is 1. The van der Waals surface area contributed by atoms with Crippen LogP contribution < -0.4 is 15.8 Å². The predicted octanol–water partition coefficient (Wildman–Crippen LogP) is 1.25. The fourth-order valence-corrected chi connectivity index (χ4v) is 3.79. The second-order valence-electron chi connectivity index (χ2n) is 6.91. The standard InChI is InChI=1S/C18H27N3O2/c1-21-10-7-13(8-11-21)12-20-17(22)18(19)9-6-14-15(18)4-3-5-16(14)23-2/h3-5,13H,6-12,19H2,1-2H3,(H,20,22). The van der Waals surface area contributed by atoms with Crippen molar-refractivity contribution < 1.29 is 9.53 Å². The van der Waals surface area contributed by atoms with Crippen LogP contribution in [0.5, 0.6) is 5.75 Å². The highest BCUT2D eigenvalue weighted by atomic mass is 16.5. The Kier molecular flexibility index (Phi) is 4.60. The third-order valence-electron chi connectivity index (χ3n) is 5.40. The van der Waals surface area contributed by atoms with Crippen molar-refractivity contribution in [3.8, 4) is 5.75 Å². The van der Waals surface area contributed by atoms with Gasteiger partial charge in [-0.15, -0.1) is 0 Å². The average molecular weight is 317 g/mol. The number of rotatable bonds is 4. The molecule has 0 aromatic heterocycles. The molecule has 1 aliphatic carbocycles. The minimum Gasteiger partial charge on any atom is -0.496 e. The molecule has 5 nitrogen and oxygen atoms in total. The van der Waals surface area contributed by atoms with Crippen LogP contribution in [0, 0.1) is 5.92 Å². The SMILES string of the molecule is COc1cccc2c1CCC2(N)C(=O)NCC1CCN(C)CC1. The van der Waals surface area contributed by atoms with Gasteiger partial charge in [-0.1, -0.05) is 12.1 Å². The Hall–Kier alpha value is -1.59. The van der Waals surface area contributed by atoms with Gasteiger partial charge < -0.3 is 20.7 Å². The maximum absolute atomic E-state index is 12.7. The molecule has 23 heavy (non-hydrogen) atoms. The van der Waals surface area contributed by atoms with Gasteiger partial charge in [0.15, 0.2) is 0 Å². The monoisotopic (exact) mass is 317 g/mol. The molecular formula is C18H27N3O2. The molecule has 1 aromatic carbocycles. The van der Waals surface area contributed by atoms with Crippen molar-refractivity contribution in [1.29, 1.82) is 0 Å². The van der Waals surface area contributed by atoms with Gasteiger partial charge in [0.2, 0.25) is 5.91 Å². The maximum Gasteiger partial charge on any atom is 0.244 e. The van der Waals surface area contributed by atoms with E-state index in [4.69, 9.17) is 10.5 Å². The van der Waals surface area contributed by atoms with E-state index in [1.54, 1.807) is 7.11 Å². The number of methoxy groups -OCH3 is 1. The van der Waals surface area contributed by atoms with Crippen molar-refractivity contribution in [3.05, 3.63) is 29.3 Å². The Bertz CT molecular complexity index is 582. The summed E-state index contributed by atoms with van der Waals surface area (Å²) in [7, 11) is 3.80. The first-order valence-corrected chi connectivity index (χ1v) is 8.46. The summed E-state index contributed by atoms with van der Waals surface area (Å²) >= 11 is 0. The molecule has 1 heterocycles. The van der Waals surface area contributed by atoms with Crippen LogP contribution in [0.3, 0.4) is 0 Å². The number of benzene rings is 1. The summed E-state index contributed by atoms with van der Waals surface area (Å²) in [6.07, 6.45) is 3.71. The van der Waals surface area contributed by atoms with Gasteiger partial charge in [0.05, 0.1) is 7.11 Å². The number of hydrogen-bond acceptors (Lipinski definition) is 4. The van der Waals surface area contributed by atoms with E-state index in [1.165, 1.54) is 0 Å². The number of nitrogens with zero attached hydrogens (tertiary/aromatic N) is 1. The van der Waals surface area contributed by atoms with Crippen molar-refractivity contribution in [3.63, 3.8) is 0 Å². The van der Waals surface area contributed by atoms with E-state index in [2.05, 4.69) is 17.3 Å². The van der Waals surface area contributed by atoms with Gasteiger partial charge in [0.1, 0.15) is 11.3 Å². The summed E-state index contributed by atoms with van der Waals surface area (Å²) < 4.78 is 5.40. The molecule has 3 N–H and O–H groups in total. The van der Waals surface area contributed by atoms with Crippen LogP contribution in [0.1, 0.15) is 30.4 Å². The molecular weight excluding hydrogens is 290 g/mol. The smallest absolute Gasteiger partial charge is 0.244 e. The summed E-state index contributed by atoms with van der Waals surface area (Å²) in [5.41, 5.74) is 7.57. The zero-order chi connectivity index (χ0) is 16.4. The highest BCUT2D eigenvalue weighted by Gasteiger charge is 2.43. The minimum atomic E-state index is -0.921. The third-order valence-corrected chi connectivity index (χ3v) is 5.40. The maximum atomic E-state index is 12.7. The van der Waals surface area contributed by atoms with Gasteiger partial charge in [0, 0.05) is 6.54 Å². The lowest BCUT2D eigenvalue weighted by Crippen LogP contribution is -2.51. The first-order chi connectivity index (χ1) is 11.0. The number of nitrogens with two attached hydrogens (primary N) is 1. The summed E-state index contributed by atoms with van der Waals surface area (Å²) in [6, 6.07) is 5.80. The molecule has 1 unspecified atom stereocenters. The van der Waals surface area contributed by atoms with E-state index >= 15 is 0 Å². The summed E-state index contributed by atoms with van der Waals surface area (Å²) in [5, 5.41) is 3.10. The van der Waals surface area contributed by atoms with Crippen LogP contribution in [0.2, 0.25) is 0 Å². The Morgan fingerprint density at radius 2 is 2.17 bits per heavy atom. The highest BCUT2D eigenvalue weighted by molar-refractivity contribution is 5.89. The highest BCUT2D eigenvalue weighted by Crippen LogP contribution is 2.39. The largest absolute Gasteiger partial charge is 0.496 e. The van der Waals surface area contributed by atoms with Gasteiger partial charge in [0.25, 0.3) is 0 Å². The number of carbonyl (C=O) groups is 1. The van der Waals surface area contributed by atoms with E-state index < -0.39 is 5.54 Å². The number of ether oxygens (including phenoxy) is 1. The van der Waals surface area contributed by atoms with E-state index in [0.29, 0.717) is 12.3 Å². The molecule has 5 heteroatoms. The topological polar surface area (TPSA) is 67.6 Å². The lowest BCUT2D eigenvalue weighted by molar-refractivity contribution is -0.126. The Labute approximate surface area is 138 Å². The number of likely N-dealkylation sites (tertiary alicyclic amines) is 1. The molecule has 0 saturated carbocycles. The van der Waals surface area contributed by atoms with Crippen LogP contribution in [-0.4, -0.2) is 44.6 Å². The lowest BCUT2D eigenvalue weighted by atomic mass is 9.91. The van der Waals surface area contributed by atoms with Crippen molar-refractivity contribution in [1.82, 2.24) is 10.2 Å². The van der Waals surface area contributed by atoms with Crippen LogP contribution in [-0.2, 0) is 16.8 Å². The second-order valence-corrected chi connectivity index (χ2v) is 6.91. The lowest BCUT2D eigenvalue weighted by Gasteiger charge is -2.30. The number of hydrogen-bond donors (Lipinski definition) is 2. The van der Waals surface area contributed by atoms with Gasteiger partial charge in [-0.25, -0.2) is 0 Å². The fourth-order valence-electron chi connectivity index (χ4n) is 3.79. The molecule has 1 aliphatic heterocycles. The molecule has 126 valence electrons. The molecule has 3 rings (SSSR count). The third kappa shape index (κ3) is 3.08. The van der Waals surface area contributed by atoms with E-state index in [1.807, 2.05) is 18.2 Å². The number of fused-ring (bicyclic) bond motifs is 1. The average Bonchev–Trinajstić information content (AvgIpc) is 2.93. The summed E-state index contributed by atoms with van der Waals surface area (Å²) in [4.78, 5) is 15.1. The zero-order valence-corrected chi connectivity index (χ0v) is 14.1. The van der Waals surface area contributed by atoms with Gasteiger partial charge in [-0.2, -0.15) is 0 Å². The molecule has 1 saturated heterocycles. The quantitative estimate of drug-likeness (QED) is 0.877. The summed E-state index contributed by atoms with van der Waals surface area (Å²) in [6.45, 7) is 2.94. The molecule has 1 amide bonds. The fraction of sp³-hybridized carbons (Fsp3) is 0.611. The molecule has 1 aromatic rings. The van der Waals surface area contributed by atoms with Crippen molar-refractivity contribution in [2.45, 2.75) is 31.2 Å². The number of amides is 1. The van der Waals surface area contributed by atoms with Gasteiger partial charge in [-0.3, -0.25) is 4.79 Å². The van der Waals surface area contributed by atoms with Crippen molar-refractivity contribution in [2.75, 3.05) is 33.8 Å². The number of nitrogens with one attached hydrogen (secondary N) is 1. The normalized spacial score (nSPS) is 25.2. The van der Waals surface area contributed by atoms with Crippen LogP contribution in [0.4, 0.5) is 0 Å². The van der Waals surface area contributed by atoms with Crippen LogP contribution in [0.25, 0.3) is 0 Å².